The predicted octanol–water partition coefficient (Wildman–Crippen LogP) is 5.68. The summed E-state index contributed by atoms with van der Waals surface area (Å²) in [5.74, 6) is -1.04. The zero-order valence-electron chi connectivity index (χ0n) is 22.9. The number of ether oxygens (including phenoxy) is 2. The molecule has 6 heteroatoms. The Hall–Kier alpha value is -3.77. The maximum atomic E-state index is 12.8. The van der Waals surface area contributed by atoms with E-state index in [0.29, 0.717) is 5.56 Å². The molecule has 3 aromatic rings. The van der Waals surface area contributed by atoms with Crippen LogP contribution in [0.1, 0.15) is 67.2 Å². The molecular formula is C32H37NO5. The predicted molar refractivity (Wildman–Crippen MR) is 149 cm³/mol. The van der Waals surface area contributed by atoms with Gasteiger partial charge in [0.25, 0.3) is 0 Å². The van der Waals surface area contributed by atoms with Crippen molar-refractivity contribution in [3.63, 3.8) is 0 Å². The van der Waals surface area contributed by atoms with E-state index < -0.39 is 11.9 Å². The maximum Gasteiger partial charge on any atom is 0.315 e. The van der Waals surface area contributed by atoms with Gasteiger partial charge in [-0.2, -0.15) is 0 Å². The highest BCUT2D eigenvalue weighted by molar-refractivity contribution is 5.98. The SMILES string of the molecule is CCc1ccc(CC(=O)Oc2ccc(C(=O)CNC(C)(C)C)cc2OC(=O)Cc2ccc(CC)cc2)cc1. The Kier molecular flexibility index (Phi) is 9.97. The Bertz CT molecular complexity index is 1250. The minimum Gasteiger partial charge on any atom is -0.422 e. The molecule has 0 aliphatic rings. The number of nitrogens with one attached hydrogen (secondary N) is 1. The van der Waals surface area contributed by atoms with E-state index in [2.05, 4.69) is 19.2 Å². The Labute approximate surface area is 225 Å². The largest absolute Gasteiger partial charge is 0.422 e. The average molecular weight is 516 g/mol. The van der Waals surface area contributed by atoms with E-state index in [-0.39, 0.29) is 42.2 Å². The van der Waals surface area contributed by atoms with E-state index in [1.807, 2.05) is 69.3 Å². The molecule has 0 heterocycles. The second-order valence-electron chi connectivity index (χ2n) is 10.3. The summed E-state index contributed by atoms with van der Waals surface area (Å²) in [6.07, 6.45) is 1.94. The molecule has 0 saturated heterocycles. The second kappa shape index (κ2) is 13.2. The first kappa shape index (κ1) is 28.8. The zero-order chi connectivity index (χ0) is 27.7. The van der Waals surface area contributed by atoms with Gasteiger partial charge in [-0.15, -0.1) is 0 Å². The van der Waals surface area contributed by atoms with Crippen molar-refractivity contribution in [2.24, 2.45) is 0 Å². The van der Waals surface area contributed by atoms with Gasteiger partial charge in [-0.05, 0) is 74.1 Å². The third kappa shape index (κ3) is 8.96. The highest BCUT2D eigenvalue weighted by Gasteiger charge is 2.19. The molecule has 0 unspecified atom stereocenters. The van der Waals surface area contributed by atoms with Crippen molar-refractivity contribution in [1.29, 1.82) is 0 Å². The molecule has 200 valence electrons. The molecule has 0 amide bonds. The molecule has 0 aliphatic carbocycles. The van der Waals surface area contributed by atoms with Crippen molar-refractivity contribution in [2.45, 2.75) is 65.8 Å². The van der Waals surface area contributed by atoms with Crippen LogP contribution in [0.3, 0.4) is 0 Å². The van der Waals surface area contributed by atoms with Gasteiger partial charge in [0.1, 0.15) is 0 Å². The number of hydrogen-bond donors (Lipinski definition) is 1. The summed E-state index contributed by atoms with van der Waals surface area (Å²) in [4.78, 5) is 38.3. The summed E-state index contributed by atoms with van der Waals surface area (Å²) in [5, 5.41) is 3.16. The van der Waals surface area contributed by atoms with Crippen LogP contribution >= 0.6 is 0 Å². The third-order valence-corrected chi connectivity index (χ3v) is 6.05. The van der Waals surface area contributed by atoms with Gasteiger partial charge in [0.05, 0.1) is 19.4 Å². The van der Waals surface area contributed by atoms with Crippen molar-refractivity contribution in [3.05, 3.63) is 94.5 Å². The molecule has 0 saturated carbocycles. The molecule has 3 aromatic carbocycles. The van der Waals surface area contributed by atoms with E-state index in [9.17, 15) is 14.4 Å². The number of carbonyl (C=O) groups is 3. The first-order valence-corrected chi connectivity index (χ1v) is 13.1. The second-order valence-corrected chi connectivity index (χ2v) is 10.3. The van der Waals surface area contributed by atoms with Gasteiger partial charge in [0.15, 0.2) is 17.3 Å². The van der Waals surface area contributed by atoms with Crippen LogP contribution < -0.4 is 14.8 Å². The number of ketones is 1. The number of Topliss-reactive ketones (excluding diaryl/α,β-unsaturated/α-hetero) is 1. The quantitative estimate of drug-likeness (QED) is 0.201. The van der Waals surface area contributed by atoms with Gasteiger partial charge in [0.2, 0.25) is 0 Å². The normalized spacial score (nSPS) is 11.2. The van der Waals surface area contributed by atoms with Crippen molar-refractivity contribution >= 4 is 17.7 Å². The van der Waals surface area contributed by atoms with Crippen LogP contribution in [0, 0.1) is 0 Å². The lowest BCUT2D eigenvalue weighted by molar-refractivity contribution is -0.136. The summed E-state index contributed by atoms with van der Waals surface area (Å²) >= 11 is 0. The van der Waals surface area contributed by atoms with Crippen molar-refractivity contribution in [1.82, 2.24) is 5.32 Å². The van der Waals surface area contributed by atoms with Gasteiger partial charge in [-0.1, -0.05) is 62.4 Å². The minimum absolute atomic E-state index is 0.0384. The lowest BCUT2D eigenvalue weighted by atomic mass is 10.1. The molecular weight excluding hydrogens is 478 g/mol. The fourth-order valence-corrected chi connectivity index (χ4v) is 3.73. The fraction of sp³-hybridized carbons (Fsp3) is 0.344. The van der Waals surface area contributed by atoms with Crippen LogP contribution in [0.15, 0.2) is 66.7 Å². The average Bonchev–Trinajstić information content (AvgIpc) is 2.88. The van der Waals surface area contributed by atoms with E-state index in [0.717, 1.165) is 24.0 Å². The summed E-state index contributed by atoms with van der Waals surface area (Å²) in [7, 11) is 0. The highest BCUT2D eigenvalue weighted by atomic mass is 16.6. The number of rotatable bonds is 11. The van der Waals surface area contributed by atoms with Crippen molar-refractivity contribution in [2.75, 3.05) is 6.54 Å². The Balaban J connectivity index is 1.78. The minimum atomic E-state index is -0.515. The lowest BCUT2D eigenvalue weighted by Crippen LogP contribution is -2.39. The van der Waals surface area contributed by atoms with Crippen molar-refractivity contribution in [3.8, 4) is 11.5 Å². The number of benzene rings is 3. The Morgan fingerprint density at radius 2 is 1.11 bits per heavy atom. The molecule has 0 fully saturated rings. The van der Waals surface area contributed by atoms with E-state index in [4.69, 9.17) is 9.47 Å². The summed E-state index contributed by atoms with van der Waals surface area (Å²) in [5.41, 5.74) is 4.11. The van der Waals surface area contributed by atoms with Crippen LogP contribution in [0.4, 0.5) is 0 Å². The van der Waals surface area contributed by atoms with Crippen LogP contribution in [-0.2, 0) is 35.3 Å². The number of hydrogen-bond acceptors (Lipinski definition) is 6. The smallest absolute Gasteiger partial charge is 0.315 e. The molecule has 0 radical (unpaired) electrons. The standard InChI is InChI=1S/C32H37NO5/c1-6-22-8-12-24(13-9-22)18-30(35)37-28-17-16-26(27(34)21-33-32(3,4)5)20-29(28)38-31(36)19-25-14-10-23(7-2)11-15-25/h8-17,20,33H,6-7,18-19,21H2,1-5H3. The molecule has 0 aliphatic heterocycles. The van der Waals surface area contributed by atoms with Crippen LogP contribution in [-0.4, -0.2) is 29.8 Å². The lowest BCUT2D eigenvalue weighted by Gasteiger charge is -2.20. The topological polar surface area (TPSA) is 81.7 Å². The zero-order valence-corrected chi connectivity index (χ0v) is 22.9. The Morgan fingerprint density at radius 3 is 1.55 bits per heavy atom. The third-order valence-electron chi connectivity index (χ3n) is 6.05. The molecule has 0 spiro atoms. The molecule has 38 heavy (non-hydrogen) atoms. The number of aryl methyl sites for hydroxylation is 2. The van der Waals surface area contributed by atoms with E-state index in [1.54, 1.807) is 6.07 Å². The highest BCUT2D eigenvalue weighted by Crippen LogP contribution is 2.30. The molecule has 0 atom stereocenters. The van der Waals surface area contributed by atoms with E-state index in [1.165, 1.54) is 23.3 Å². The van der Waals surface area contributed by atoms with Crippen molar-refractivity contribution < 1.29 is 23.9 Å². The summed E-state index contributed by atoms with van der Waals surface area (Å²) in [6, 6.07) is 20.0. The van der Waals surface area contributed by atoms with Gasteiger partial charge in [0, 0.05) is 11.1 Å². The molecule has 0 bridgehead atoms. The fourth-order valence-electron chi connectivity index (χ4n) is 3.73. The van der Waals surface area contributed by atoms with Crippen LogP contribution in [0.2, 0.25) is 0 Å². The molecule has 1 N–H and O–H groups in total. The van der Waals surface area contributed by atoms with Gasteiger partial charge in [-0.25, -0.2) is 0 Å². The van der Waals surface area contributed by atoms with Gasteiger partial charge in [-0.3, -0.25) is 14.4 Å². The molecule has 3 rings (SSSR count). The van der Waals surface area contributed by atoms with Crippen LogP contribution in [0.5, 0.6) is 11.5 Å². The van der Waals surface area contributed by atoms with Gasteiger partial charge < -0.3 is 14.8 Å². The van der Waals surface area contributed by atoms with Gasteiger partial charge >= 0.3 is 11.9 Å². The Morgan fingerprint density at radius 1 is 0.658 bits per heavy atom. The summed E-state index contributed by atoms with van der Waals surface area (Å²) in [6.45, 7) is 10.2. The number of carbonyl (C=O) groups excluding carboxylic acids is 3. The molecule has 0 aromatic heterocycles. The first-order valence-electron chi connectivity index (χ1n) is 13.1. The van der Waals surface area contributed by atoms with Crippen LogP contribution in [0.25, 0.3) is 0 Å². The monoisotopic (exact) mass is 515 g/mol. The van der Waals surface area contributed by atoms with E-state index >= 15 is 0 Å². The maximum absolute atomic E-state index is 12.8. The number of esters is 2. The molecule has 6 nitrogen and oxygen atoms in total. The first-order chi connectivity index (χ1) is 18.1. The summed E-state index contributed by atoms with van der Waals surface area (Å²) < 4.78 is 11.2.